The van der Waals surface area contributed by atoms with Gasteiger partial charge in [0.1, 0.15) is 11.6 Å². The van der Waals surface area contributed by atoms with Crippen molar-refractivity contribution in [2.24, 2.45) is 11.7 Å². The molecule has 6 rings (SSSR count). The van der Waals surface area contributed by atoms with Gasteiger partial charge in [0.15, 0.2) is 0 Å². The first kappa shape index (κ1) is 17.5. The highest BCUT2D eigenvalue weighted by molar-refractivity contribution is 5.92. The van der Waals surface area contributed by atoms with Gasteiger partial charge in [-0.15, -0.1) is 0 Å². The molecule has 0 aliphatic carbocycles. The topological polar surface area (TPSA) is 71.7 Å². The second kappa shape index (κ2) is 6.78. The maximum atomic E-state index is 11.4. The van der Waals surface area contributed by atoms with Crippen molar-refractivity contribution >= 4 is 11.7 Å². The fourth-order valence-corrected chi connectivity index (χ4v) is 5.55. The Morgan fingerprint density at radius 2 is 2.00 bits per heavy atom. The van der Waals surface area contributed by atoms with Gasteiger partial charge >= 0.3 is 0 Å². The molecule has 4 saturated heterocycles. The Labute approximate surface area is 165 Å². The van der Waals surface area contributed by atoms with Gasteiger partial charge in [-0.3, -0.25) is 9.69 Å². The first-order valence-electron chi connectivity index (χ1n) is 10.1. The summed E-state index contributed by atoms with van der Waals surface area (Å²) in [5, 5.41) is 0. The molecule has 2 aromatic rings. The highest BCUT2D eigenvalue weighted by Crippen LogP contribution is 2.47. The van der Waals surface area contributed by atoms with Crippen LogP contribution in [0.2, 0.25) is 0 Å². The molecule has 28 heavy (non-hydrogen) atoms. The van der Waals surface area contributed by atoms with Crippen LogP contribution in [0.5, 0.6) is 5.75 Å². The summed E-state index contributed by atoms with van der Waals surface area (Å²) in [5.41, 5.74) is 7.18. The Hall–Kier alpha value is -2.60. The second-order valence-electron chi connectivity index (χ2n) is 8.16. The lowest BCUT2D eigenvalue weighted by Gasteiger charge is -2.51. The van der Waals surface area contributed by atoms with Gasteiger partial charge < -0.3 is 15.4 Å². The number of aromatic nitrogens is 1. The van der Waals surface area contributed by atoms with Crippen molar-refractivity contribution in [2.75, 3.05) is 31.6 Å². The van der Waals surface area contributed by atoms with E-state index in [9.17, 15) is 4.79 Å². The third kappa shape index (κ3) is 2.75. The Balaban J connectivity index is 1.52. The molecule has 2 bridgehead atoms. The first-order valence-corrected chi connectivity index (χ1v) is 10.1. The van der Waals surface area contributed by atoms with Gasteiger partial charge in [-0.1, -0.05) is 12.1 Å². The Morgan fingerprint density at radius 1 is 1.18 bits per heavy atom. The van der Waals surface area contributed by atoms with Crippen molar-refractivity contribution in [3.63, 3.8) is 0 Å². The molecule has 3 atom stereocenters. The zero-order valence-corrected chi connectivity index (χ0v) is 16.1. The van der Waals surface area contributed by atoms with E-state index in [0.29, 0.717) is 29.5 Å². The summed E-state index contributed by atoms with van der Waals surface area (Å²) >= 11 is 0. The zero-order valence-electron chi connectivity index (χ0n) is 16.1. The number of anilines is 1. The average Bonchev–Trinajstić information content (AvgIpc) is 3.18. The molecule has 6 heteroatoms. The summed E-state index contributed by atoms with van der Waals surface area (Å²) in [6.07, 6.45) is 4.11. The summed E-state index contributed by atoms with van der Waals surface area (Å²) in [7, 11) is 1.72. The van der Waals surface area contributed by atoms with E-state index in [2.05, 4.69) is 33.0 Å². The minimum absolute atomic E-state index is 0.417. The molecule has 5 heterocycles. The van der Waals surface area contributed by atoms with Gasteiger partial charge in [0, 0.05) is 30.7 Å². The lowest BCUT2D eigenvalue weighted by atomic mass is 9.75. The number of methoxy groups -OCH3 is 1. The van der Waals surface area contributed by atoms with Crippen LogP contribution < -0.4 is 15.4 Å². The SMILES string of the molecule is COc1cccc([C@@H]2CN(c3ccc(C(N)=O)cn3)[C@H]3C4CCN(CC4)[C@@H]23)c1. The van der Waals surface area contributed by atoms with Crippen molar-refractivity contribution in [1.29, 1.82) is 0 Å². The van der Waals surface area contributed by atoms with Crippen LogP contribution in [-0.4, -0.2) is 54.6 Å². The predicted octanol–water partition coefficient (Wildman–Crippen LogP) is 2.26. The van der Waals surface area contributed by atoms with Crippen molar-refractivity contribution in [3.8, 4) is 5.75 Å². The van der Waals surface area contributed by atoms with Gasteiger partial charge in [0.25, 0.3) is 0 Å². The molecule has 0 saturated carbocycles. The Morgan fingerprint density at radius 3 is 2.68 bits per heavy atom. The number of hydrogen-bond donors (Lipinski definition) is 1. The van der Waals surface area contributed by atoms with E-state index < -0.39 is 5.91 Å². The number of benzene rings is 1. The van der Waals surface area contributed by atoms with E-state index in [1.807, 2.05) is 12.1 Å². The number of rotatable bonds is 4. The highest BCUT2D eigenvalue weighted by Gasteiger charge is 2.53. The maximum Gasteiger partial charge on any atom is 0.250 e. The lowest BCUT2D eigenvalue weighted by molar-refractivity contribution is 0.0354. The largest absolute Gasteiger partial charge is 0.497 e. The van der Waals surface area contributed by atoms with Crippen LogP contribution in [-0.2, 0) is 0 Å². The van der Waals surface area contributed by atoms with Crippen LogP contribution in [0.25, 0.3) is 0 Å². The number of carbonyl (C=O) groups excluding carboxylic acids is 1. The molecular formula is C22H26N4O2. The second-order valence-corrected chi connectivity index (χ2v) is 8.16. The molecule has 1 aromatic heterocycles. The van der Waals surface area contributed by atoms with Gasteiger partial charge in [-0.25, -0.2) is 4.98 Å². The smallest absolute Gasteiger partial charge is 0.250 e. The number of fused-ring (bicyclic) bond motifs is 2. The fourth-order valence-electron chi connectivity index (χ4n) is 5.55. The number of amides is 1. The number of nitrogens with two attached hydrogens (primary N) is 1. The monoisotopic (exact) mass is 378 g/mol. The minimum atomic E-state index is -0.435. The number of primary amides is 1. The standard InChI is InChI=1S/C22H26N4O2/c1-28-17-4-2-3-15(11-17)18-13-26(19-6-5-16(12-24-19)22(23)27)20-14-7-9-25(10-8-14)21(18)20/h2-6,11-12,14,18,20-21H,7-10,13H2,1H3,(H2,23,27)/t18-,20-,21-/m0/s1. The van der Waals surface area contributed by atoms with Crippen molar-refractivity contribution in [3.05, 3.63) is 53.7 Å². The minimum Gasteiger partial charge on any atom is -0.497 e. The van der Waals surface area contributed by atoms with Crippen LogP contribution in [0.3, 0.4) is 0 Å². The van der Waals surface area contributed by atoms with E-state index in [-0.39, 0.29) is 0 Å². The van der Waals surface area contributed by atoms with Crippen LogP contribution in [0.1, 0.15) is 34.7 Å². The number of carbonyl (C=O) groups is 1. The predicted molar refractivity (Wildman–Crippen MR) is 108 cm³/mol. The van der Waals surface area contributed by atoms with Crippen molar-refractivity contribution in [2.45, 2.75) is 30.8 Å². The molecule has 0 spiro atoms. The highest BCUT2D eigenvalue weighted by atomic mass is 16.5. The van der Waals surface area contributed by atoms with Gasteiger partial charge in [0.2, 0.25) is 5.91 Å². The number of pyridine rings is 1. The van der Waals surface area contributed by atoms with E-state index in [1.165, 1.54) is 31.5 Å². The van der Waals surface area contributed by atoms with Crippen molar-refractivity contribution < 1.29 is 9.53 Å². The third-order valence-corrected chi connectivity index (χ3v) is 6.84. The van der Waals surface area contributed by atoms with Crippen molar-refractivity contribution in [1.82, 2.24) is 9.88 Å². The van der Waals surface area contributed by atoms with Gasteiger partial charge in [-0.2, -0.15) is 0 Å². The number of ether oxygens (including phenoxy) is 1. The summed E-state index contributed by atoms with van der Waals surface area (Å²) in [6.45, 7) is 3.31. The molecule has 1 aromatic carbocycles. The third-order valence-electron chi connectivity index (χ3n) is 6.84. The van der Waals surface area contributed by atoms with Gasteiger partial charge in [0.05, 0.1) is 12.7 Å². The summed E-state index contributed by atoms with van der Waals surface area (Å²) in [6, 6.07) is 13.2. The summed E-state index contributed by atoms with van der Waals surface area (Å²) < 4.78 is 5.48. The number of piperidine rings is 3. The van der Waals surface area contributed by atoms with E-state index >= 15 is 0 Å². The molecule has 0 radical (unpaired) electrons. The van der Waals surface area contributed by atoms with E-state index in [1.54, 1.807) is 19.4 Å². The van der Waals surface area contributed by atoms with E-state index in [4.69, 9.17) is 10.5 Å². The average molecular weight is 378 g/mol. The quantitative estimate of drug-likeness (QED) is 0.884. The van der Waals surface area contributed by atoms with Crippen LogP contribution >= 0.6 is 0 Å². The lowest BCUT2D eigenvalue weighted by Crippen LogP contribution is -2.60. The fraction of sp³-hybridized carbons (Fsp3) is 0.455. The number of hydrogen-bond acceptors (Lipinski definition) is 5. The molecule has 146 valence electrons. The summed E-state index contributed by atoms with van der Waals surface area (Å²) in [5.74, 6) is 2.53. The number of nitrogens with zero attached hydrogens (tertiary/aromatic N) is 3. The molecule has 4 aliphatic heterocycles. The first-order chi connectivity index (χ1) is 13.7. The zero-order chi connectivity index (χ0) is 19.3. The van der Waals surface area contributed by atoms with Crippen LogP contribution in [0, 0.1) is 5.92 Å². The molecule has 1 amide bonds. The molecular weight excluding hydrogens is 352 g/mol. The Bertz CT molecular complexity index is 876. The molecule has 0 unspecified atom stereocenters. The Kier molecular flexibility index (Phi) is 4.23. The maximum absolute atomic E-state index is 11.4. The van der Waals surface area contributed by atoms with Gasteiger partial charge in [-0.05, 0) is 61.7 Å². The normalized spacial score (nSPS) is 30.9. The molecule has 6 nitrogen and oxygen atoms in total. The summed E-state index contributed by atoms with van der Waals surface area (Å²) in [4.78, 5) is 21.2. The van der Waals surface area contributed by atoms with Crippen LogP contribution in [0.4, 0.5) is 5.82 Å². The van der Waals surface area contributed by atoms with Crippen LogP contribution in [0.15, 0.2) is 42.6 Å². The van der Waals surface area contributed by atoms with E-state index in [0.717, 1.165) is 18.1 Å². The molecule has 4 fully saturated rings. The molecule has 4 aliphatic rings. The molecule has 2 N–H and O–H groups in total.